The van der Waals surface area contributed by atoms with E-state index in [2.05, 4.69) is 0 Å². The van der Waals surface area contributed by atoms with Gasteiger partial charge in [0.2, 0.25) is 0 Å². The van der Waals surface area contributed by atoms with Crippen molar-refractivity contribution in [3.63, 3.8) is 0 Å². The Balaban J connectivity index is 2.59. The summed E-state index contributed by atoms with van der Waals surface area (Å²) in [5.74, 6) is -0.362. The van der Waals surface area contributed by atoms with Crippen LogP contribution in [0.1, 0.15) is 36.7 Å². The largest absolute Gasteiger partial charge is 0.483 e. The van der Waals surface area contributed by atoms with Crippen molar-refractivity contribution >= 4 is 18.0 Å². The third kappa shape index (κ3) is 2.66. The summed E-state index contributed by atoms with van der Waals surface area (Å²) in [6, 6.07) is 3.19. The highest BCUT2D eigenvalue weighted by molar-refractivity contribution is 5.96. The Hall–Kier alpha value is -2.30. The van der Waals surface area contributed by atoms with E-state index in [4.69, 9.17) is 14.2 Å². The first kappa shape index (κ1) is 14.1. The number of hydrogen-bond acceptors (Lipinski definition) is 5. The second-order valence-electron chi connectivity index (χ2n) is 4.98. The number of methoxy groups -OCH3 is 1. The Kier molecular flexibility index (Phi) is 3.53. The first-order chi connectivity index (χ1) is 9.34. The number of carbonyl (C=O) groups excluding carboxylic acids is 2. The molecule has 0 saturated heterocycles. The van der Waals surface area contributed by atoms with Crippen LogP contribution in [0.4, 0.5) is 0 Å². The molecule has 0 bridgehead atoms. The number of carbonyl (C=O) groups is 2. The van der Waals surface area contributed by atoms with Crippen LogP contribution in [0.25, 0.3) is 6.08 Å². The van der Waals surface area contributed by atoms with Crippen molar-refractivity contribution in [3.8, 4) is 11.5 Å². The molecule has 1 aromatic rings. The SMILES string of the molecule is COC(=O)c1ccc2c(c1OC(C)=O)C=CC(C)(C)O2. The van der Waals surface area contributed by atoms with Crippen LogP contribution in [-0.2, 0) is 9.53 Å². The van der Waals surface area contributed by atoms with Gasteiger partial charge in [-0.25, -0.2) is 4.79 Å². The van der Waals surface area contributed by atoms with Gasteiger partial charge in [-0.15, -0.1) is 0 Å². The molecular formula is C15H16O5. The zero-order chi connectivity index (χ0) is 14.9. The number of benzene rings is 1. The highest BCUT2D eigenvalue weighted by atomic mass is 16.5. The topological polar surface area (TPSA) is 61.8 Å². The molecule has 1 aliphatic heterocycles. The average molecular weight is 276 g/mol. The van der Waals surface area contributed by atoms with Crippen LogP contribution in [0, 0.1) is 0 Å². The zero-order valence-corrected chi connectivity index (χ0v) is 11.9. The molecule has 0 amide bonds. The number of hydrogen-bond donors (Lipinski definition) is 0. The van der Waals surface area contributed by atoms with E-state index in [0.717, 1.165) is 0 Å². The van der Waals surface area contributed by atoms with Gasteiger partial charge in [-0.3, -0.25) is 4.79 Å². The molecule has 5 nitrogen and oxygen atoms in total. The highest BCUT2D eigenvalue weighted by Gasteiger charge is 2.27. The van der Waals surface area contributed by atoms with Gasteiger partial charge in [0.25, 0.3) is 0 Å². The summed E-state index contributed by atoms with van der Waals surface area (Å²) < 4.78 is 15.6. The maximum absolute atomic E-state index is 11.8. The molecule has 1 heterocycles. The van der Waals surface area contributed by atoms with Gasteiger partial charge < -0.3 is 14.2 Å². The van der Waals surface area contributed by atoms with Crippen LogP contribution < -0.4 is 9.47 Å². The molecule has 20 heavy (non-hydrogen) atoms. The maximum atomic E-state index is 11.8. The number of fused-ring (bicyclic) bond motifs is 1. The van der Waals surface area contributed by atoms with Gasteiger partial charge in [0.05, 0.1) is 12.7 Å². The molecule has 0 aromatic heterocycles. The smallest absolute Gasteiger partial charge is 0.341 e. The summed E-state index contributed by atoms with van der Waals surface area (Å²) in [6.07, 6.45) is 3.62. The van der Waals surface area contributed by atoms with Gasteiger partial charge in [0.15, 0.2) is 5.75 Å². The molecule has 0 atom stereocenters. The first-order valence-electron chi connectivity index (χ1n) is 6.16. The second kappa shape index (κ2) is 5.00. The lowest BCUT2D eigenvalue weighted by Gasteiger charge is -2.28. The standard InChI is InChI=1S/C15H16O5/c1-9(16)19-13-10-7-8-15(2,3)20-12(10)6-5-11(13)14(17)18-4/h5-8H,1-4H3. The molecule has 0 spiro atoms. The van der Waals surface area contributed by atoms with Crippen molar-refractivity contribution in [1.29, 1.82) is 0 Å². The van der Waals surface area contributed by atoms with Crippen LogP contribution in [0.3, 0.4) is 0 Å². The van der Waals surface area contributed by atoms with Gasteiger partial charge in [-0.05, 0) is 38.1 Å². The lowest BCUT2D eigenvalue weighted by atomic mass is 9.99. The fourth-order valence-electron chi connectivity index (χ4n) is 1.95. The van der Waals surface area contributed by atoms with Crippen LogP contribution in [0.15, 0.2) is 18.2 Å². The summed E-state index contributed by atoms with van der Waals surface area (Å²) in [6.45, 7) is 5.09. The lowest BCUT2D eigenvalue weighted by molar-refractivity contribution is -0.131. The molecule has 1 aromatic carbocycles. The van der Waals surface area contributed by atoms with Crippen LogP contribution in [0.5, 0.6) is 11.5 Å². The van der Waals surface area contributed by atoms with Gasteiger partial charge in [0.1, 0.15) is 16.9 Å². The summed E-state index contributed by atoms with van der Waals surface area (Å²) in [7, 11) is 1.27. The normalized spacial score (nSPS) is 15.0. The third-order valence-electron chi connectivity index (χ3n) is 2.83. The summed E-state index contributed by atoms with van der Waals surface area (Å²) in [5.41, 5.74) is 0.296. The average Bonchev–Trinajstić information content (AvgIpc) is 2.36. The molecule has 2 rings (SSSR count). The molecule has 106 valence electrons. The minimum absolute atomic E-state index is 0.161. The van der Waals surface area contributed by atoms with Gasteiger partial charge in [-0.1, -0.05) is 0 Å². The third-order valence-corrected chi connectivity index (χ3v) is 2.83. The zero-order valence-electron chi connectivity index (χ0n) is 11.9. The molecule has 0 fully saturated rings. The number of ether oxygens (including phenoxy) is 3. The van der Waals surface area contributed by atoms with E-state index in [9.17, 15) is 9.59 Å². The van der Waals surface area contributed by atoms with E-state index >= 15 is 0 Å². The fourth-order valence-corrected chi connectivity index (χ4v) is 1.95. The summed E-state index contributed by atoms with van der Waals surface area (Å²) >= 11 is 0. The van der Waals surface area contributed by atoms with Crippen molar-refractivity contribution in [2.24, 2.45) is 0 Å². The van der Waals surface area contributed by atoms with Crippen LogP contribution >= 0.6 is 0 Å². The predicted octanol–water partition coefficient (Wildman–Crippen LogP) is 2.58. The maximum Gasteiger partial charge on any atom is 0.341 e. The van der Waals surface area contributed by atoms with E-state index in [-0.39, 0.29) is 11.3 Å². The van der Waals surface area contributed by atoms with E-state index in [1.54, 1.807) is 12.1 Å². The van der Waals surface area contributed by atoms with Crippen molar-refractivity contribution in [2.45, 2.75) is 26.4 Å². The van der Waals surface area contributed by atoms with Crippen molar-refractivity contribution < 1.29 is 23.8 Å². The Labute approximate surface area is 117 Å². The van der Waals surface area contributed by atoms with E-state index in [0.29, 0.717) is 11.3 Å². The van der Waals surface area contributed by atoms with E-state index in [1.165, 1.54) is 20.1 Å². The fraction of sp³-hybridized carbons (Fsp3) is 0.333. The van der Waals surface area contributed by atoms with Crippen molar-refractivity contribution in [3.05, 3.63) is 29.3 Å². The van der Waals surface area contributed by atoms with Crippen molar-refractivity contribution in [1.82, 2.24) is 0 Å². The minimum atomic E-state index is -0.567. The number of esters is 2. The quantitative estimate of drug-likeness (QED) is 0.613. The molecule has 5 heteroatoms. The predicted molar refractivity (Wildman–Crippen MR) is 72.8 cm³/mol. The van der Waals surface area contributed by atoms with E-state index < -0.39 is 17.5 Å². The number of rotatable bonds is 2. The molecular weight excluding hydrogens is 260 g/mol. The first-order valence-corrected chi connectivity index (χ1v) is 6.16. The second-order valence-corrected chi connectivity index (χ2v) is 4.98. The Morgan fingerprint density at radius 3 is 2.55 bits per heavy atom. The molecule has 1 aliphatic rings. The Morgan fingerprint density at radius 2 is 1.95 bits per heavy atom. The summed E-state index contributed by atoms with van der Waals surface area (Å²) in [5, 5.41) is 0. The highest BCUT2D eigenvalue weighted by Crippen LogP contribution is 2.39. The Morgan fingerprint density at radius 1 is 1.25 bits per heavy atom. The van der Waals surface area contributed by atoms with Gasteiger partial charge >= 0.3 is 11.9 Å². The van der Waals surface area contributed by atoms with Crippen LogP contribution in [-0.4, -0.2) is 24.6 Å². The Bertz CT molecular complexity index is 599. The summed E-state index contributed by atoms with van der Waals surface area (Å²) in [4.78, 5) is 23.0. The van der Waals surface area contributed by atoms with Crippen molar-refractivity contribution in [2.75, 3.05) is 7.11 Å². The van der Waals surface area contributed by atoms with E-state index in [1.807, 2.05) is 19.9 Å². The molecule has 0 N–H and O–H groups in total. The molecule has 0 aliphatic carbocycles. The van der Waals surface area contributed by atoms with Gasteiger partial charge in [-0.2, -0.15) is 0 Å². The molecule has 0 saturated carbocycles. The monoisotopic (exact) mass is 276 g/mol. The molecule has 0 radical (unpaired) electrons. The molecule has 0 unspecified atom stereocenters. The van der Waals surface area contributed by atoms with Crippen LogP contribution in [0.2, 0.25) is 0 Å². The minimum Gasteiger partial charge on any atom is -0.483 e. The lowest BCUT2D eigenvalue weighted by Crippen LogP contribution is -2.28. The van der Waals surface area contributed by atoms with Gasteiger partial charge in [0, 0.05) is 6.92 Å².